The number of thioether (sulfide) groups is 1. The first-order valence-corrected chi connectivity index (χ1v) is 45.5. The molecule has 18 atom stereocenters. The average molecular weight is 1800 g/mol. The fourth-order valence-corrected chi connectivity index (χ4v) is 18.5. The van der Waals surface area contributed by atoms with Gasteiger partial charge in [-0.05, 0) is 132 Å². The Kier molecular flexibility index (Phi) is 37.1. The van der Waals surface area contributed by atoms with Gasteiger partial charge in [0.25, 0.3) is 0 Å². The Labute approximate surface area is 739 Å². The zero-order valence-electron chi connectivity index (χ0n) is 71.4. The Hall–Kier alpha value is -9.31. The first-order valence-electron chi connectivity index (χ1n) is 41.5. The van der Waals surface area contributed by atoms with Crippen LogP contribution < -0.4 is 63.2 Å². The molecular formula is C87H118ClN13O20S3. The molecule has 10 amide bonds. The van der Waals surface area contributed by atoms with Crippen LogP contribution in [0.2, 0.25) is 5.02 Å². The van der Waals surface area contributed by atoms with Gasteiger partial charge >= 0.3 is 12.1 Å². The van der Waals surface area contributed by atoms with Crippen LogP contribution in [0.1, 0.15) is 109 Å². The second kappa shape index (κ2) is 46.8. The molecule has 4 aliphatic rings. The number of allylic oxidation sites excluding steroid dienone is 3. The number of rotatable bonds is 30. The number of aliphatic hydroxyl groups excluding tert-OH is 3. The molecule has 4 bridgehead atoms. The molecule has 5 aromatic rings. The fraction of sp³-hybridized carbons (Fsp3) is 0.529. The molecule has 0 unspecified atom stereocenters. The Morgan fingerprint density at radius 3 is 2.16 bits per heavy atom. The summed E-state index contributed by atoms with van der Waals surface area (Å²) in [6.07, 6.45) is -0.113. The third-order valence-corrected chi connectivity index (χ3v) is 26.5. The van der Waals surface area contributed by atoms with Gasteiger partial charge in [-0.1, -0.05) is 143 Å². The molecule has 9 rings (SSSR count). The van der Waals surface area contributed by atoms with Crippen molar-refractivity contribution in [3.63, 3.8) is 0 Å². The van der Waals surface area contributed by atoms with Crippen molar-refractivity contribution < 1.29 is 96.9 Å². The highest BCUT2D eigenvalue weighted by Gasteiger charge is 2.65. The molecule has 0 saturated carbocycles. The van der Waals surface area contributed by atoms with Gasteiger partial charge in [-0.25, -0.2) is 9.59 Å². The van der Waals surface area contributed by atoms with Crippen LogP contribution in [0.3, 0.4) is 0 Å². The van der Waals surface area contributed by atoms with Crippen molar-refractivity contribution in [2.45, 2.75) is 214 Å². The number of alkyl carbamates (subject to hydrolysis) is 1. The van der Waals surface area contributed by atoms with Crippen molar-refractivity contribution in [3.05, 3.63) is 154 Å². The van der Waals surface area contributed by atoms with E-state index in [0.717, 1.165) is 49.2 Å². The Morgan fingerprint density at radius 1 is 0.823 bits per heavy atom. The molecule has 676 valence electrons. The lowest BCUT2D eigenvalue weighted by Gasteiger charge is -2.42. The normalized spacial score (nSPS) is 26.5. The van der Waals surface area contributed by atoms with Crippen molar-refractivity contribution >= 4 is 127 Å². The van der Waals surface area contributed by atoms with Crippen molar-refractivity contribution in [2.24, 2.45) is 11.7 Å². The number of fused-ring (bicyclic) bond motifs is 6. The standard InChI is InChI=1S/C87H118ClN13O20S3/c1-49-23-21-31-70(118-10)87(116)44-69(119-85(115)99-87)50(2)76-86(6,121-76)71(43-73(106)101(8)67-40-56(37-49)41-68(117-9)74(67)88)120-84(114)51(3)100(7)72(105)32-36-122-35-22-34-90-61(38-54-24-13-11-14-25-54)78(108)96-65-47-123-124-48-66(82(112)95-64(46-102)52(4)103)97-83(113)75(53(5)104)98-77(107)60(30-19-20-33-89)92-80(110)63(42-57-45-91-59-29-18-17-28-58(57)59)94-79(109)62(93-81(65)111)39-55-26-15-12-16-27-55/h11-18,21,23-29,31,40-41,45,50-53,60-66,69-71,75-76,90-91,102-104,116H,19-20,22,30,32-39,42-44,46-48,89H2,1-10H3,(H,92,110)(H,93,111)(H,94,109)(H,95,112)(H,96,108)(H,97,113)(H,98,107)(H,99,115)/b31-21+,49-23+/t50-,51+,52-,53-,60+,61-,62+,63-,64-,65+,66+,69+,70-,71+,75+,76+,86+,87+/m1/s1. The highest BCUT2D eigenvalue weighted by molar-refractivity contribution is 8.76. The van der Waals surface area contributed by atoms with Crippen LogP contribution in [0.15, 0.2) is 127 Å². The van der Waals surface area contributed by atoms with Gasteiger partial charge in [0.2, 0.25) is 53.2 Å². The number of anilines is 1. The van der Waals surface area contributed by atoms with Gasteiger partial charge in [-0.3, -0.25) is 48.5 Å². The molecule has 124 heavy (non-hydrogen) atoms. The van der Waals surface area contributed by atoms with Crippen molar-refractivity contribution in [1.82, 2.24) is 57.7 Å². The fourth-order valence-electron chi connectivity index (χ4n) is 15.0. The van der Waals surface area contributed by atoms with Crippen LogP contribution >= 0.6 is 45.0 Å². The minimum atomic E-state index is -1.93. The number of epoxide rings is 1. The maximum absolute atomic E-state index is 15.3. The summed E-state index contributed by atoms with van der Waals surface area (Å²) < 4.78 is 29.8. The summed E-state index contributed by atoms with van der Waals surface area (Å²) in [6, 6.07) is 16.4. The quantitative estimate of drug-likeness (QED) is 0.0134. The summed E-state index contributed by atoms with van der Waals surface area (Å²) in [5.74, 6) is -7.71. The zero-order valence-corrected chi connectivity index (χ0v) is 74.6. The third-order valence-electron chi connectivity index (χ3n) is 22.7. The predicted molar refractivity (Wildman–Crippen MR) is 473 cm³/mol. The largest absolute Gasteiger partial charge is 0.495 e. The Morgan fingerprint density at radius 2 is 1.48 bits per heavy atom. The lowest BCUT2D eigenvalue weighted by atomic mass is 9.83. The van der Waals surface area contributed by atoms with Crippen LogP contribution in [-0.2, 0) is 92.6 Å². The Balaban J connectivity index is 0.910. The van der Waals surface area contributed by atoms with E-state index in [2.05, 4.69) is 52.8 Å². The number of aliphatic hydroxyl groups is 4. The van der Waals surface area contributed by atoms with Crippen molar-refractivity contribution in [1.29, 1.82) is 0 Å². The molecule has 4 aromatic carbocycles. The number of likely N-dealkylation sites (N-methyl/N-ethyl adjacent to an activating group) is 1. The summed E-state index contributed by atoms with van der Waals surface area (Å²) in [5.41, 5.74) is 7.21. The number of unbranched alkanes of at least 4 members (excludes halogenated alkanes) is 1. The van der Waals surface area contributed by atoms with E-state index in [4.69, 9.17) is 41.0 Å². The van der Waals surface area contributed by atoms with Gasteiger partial charge in [0.1, 0.15) is 77.0 Å². The van der Waals surface area contributed by atoms with Gasteiger partial charge < -0.3 is 107 Å². The highest BCUT2D eigenvalue weighted by Crippen LogP contribution is 2.49. The smallest absolute Gasteiger partial charge is 0.409 e. The molecule has 0 aliphatic carbocycles. The molecule has 3 saturated heterocycles. The minimum Gasteiger partial charge on any atom is -0.495 e. The topological polar surface area (TPSA) is 475 Å². The number of nitrogens with zero attached hydrogens (tertiary/aromatic N) is 2. The SMILES string of the molecule is COc1cc2cc(c1Cl)N(C)C(=O)C[C@H](OC(=O)[C@H](C)N(C)C(=O)CCSCCCN[C@H](Cc1ccccc1)C(=O)N[C@H]1CSSC[C@@H](C(=O)N[C@H](CO)[C@@H](C)O)NC(=O)[C@H]([C@@H](C)O)NC(=O)[C@H](CCCCN)NC(=O)[C@@H](Cc3c[nH]c4ccccc34)NC(=O)[C@H](Cc3ccccc3)NC1=O)[C@]1(C)O[C@H]1[C@H](C)[C@@H]1C[C@@](O)(NC(=O)O1)[C@H](OC)/C=C/C=C(\C)C2. The number of carbonyl (C=O) groups is 11. The van der Waals surface area contributed by atoms with E-state index in [1.807, 2.05) is 61.5 Å². The number of halogens is 1. The van der Waals surface area contributed by atoms with Crippen LogP contribution in [0.4, 0.5) is 10.5 Å². The number of amides is 10. The Bertz CT molecular complexity index is 4570. The van der Waals surface area contributed by atoms with Crippen molar-refractivity contribution in [2.75, 3.05) is 75.9 Å². The van der Waals surface area contributed by atoms with Crippen LogP contribution in [-0.4, -0.2) is 269 Å². The van der Waals surface area contributed by atoms with E-state index < -0.39 is 186 Å². The summed E-state index contributed by atoms with van der Waals surface area (Å²) in [5, 5.41) is 69.8. The van der Waals surface area contributed by atoms with Crippen LogP contribution in [0.25, 0.3) is 10.9 Å². The molecule has 0 radical (unpaired) electrons. The molecule has 33 nitrogen and oxygen atoms in total. The van der Waals surface area contributed by atoms with E-state index in [-0.39, 0.29) is 68.1 Å². The number of nitrogens with two attached hydrogens (primary N) is 1. The number of H-pyrrole nitrogens is 1. The van der Waals surface area contributed by atoms with E-state index in [0.29, 0.717) is 59.8 Å². The number of benzene rings is 4. The van der Waals surface area contributed by atoms with Crippen LogP contribution in [0, 0.1) is 5.92 Å². The second-order valence-corrected chi connectivity index (χ2v) is 36.1. The number of hydrogen-bond acceptors (Lipinski definition) is 25. The monoisotopic (exact) mass is 1800 g/mol. The number of esters is 1. The molecule has 3 fully saturated rings. The number of methoxy groups -OCH3 is 2. The number of nitrogens with one attached hydrogen (secondary N) is 10. The van der Waals surface area contributed by atoms with Gasteiger partial charge in [0.05, 0.1) is 56.2 Å². The maximum atomic E-state index is 15.3. The maximum Gasteiger partial charge on any atom is 0.409 e. The summed E-state index contributed by atoms with van der Waals surface area (Å²) >= 11 is 8.36. The van der Waals surface area contributed by atoms with Crippen molar-refractivity contribution in [3.8, 4) is 5.75 Å². The first kappa shape index (κ1) is 98.5. The van der Waals surface area contributed by atoms with Gasteiger partial charge in [-0.2, -0.15) is 11.8 Å². The second-order valence-electron chi connectivity index (χ2n) is 32.0. The van der Waals surface area contributed by atoms with Crippen LogP contribution in [0.5, 0.6) is 5.75 Å². The van der Waals surface area contributed by atoms with E-state index in [9.17, 15) is 54.0 Å². The number of ether oxygens (including phenoxy) is 5. The predicted octanol–water partition coefficient (Wildman–Crippen LogP) is 3.87. The lowest BCUT2D eigenvalue weighted by Crippen LogP contribution is -2.63. The molecule has 4 aliphatic heterocycles. The molecular weight excluding hydrogens is 1680 g/mol. The first-order chi connectivity index (χ1) is 59.2. The highest BCUT2D eigenvalue weighted by atomic mass is 35.5. The number of aromatic nitrogens is 1. The van der Waals surface area contributed by atoms with Gasteiger partial charge in [-0.15, -0.1) is 0 Å². The molecule has 0 spiro atoms. The molecule has 5 heterocycles. The molecule has 16 N–H and O–H groups in total. The van der Waals surface area contributed by atoms with Gasteiger partial charge in [0, 0.05) is 87.2 Å². The number of aromatic amines is 1. The third kappa shape index (κ3) is 27.1. The molecule has 37 heteroatoms. The van der Waals surface area contributed by atoms with Gasteiger partial charge in [0.15, 0.2) is 5.72 Å². The van der Waals surface area contributed by atoms with E-state index in [1.54, 1.807) is 80.7 Å². The summed E-state index contributed by atoms with van der Waals surface area (Å²) in [4.78, 5) is 166. The number of hydrogen-bond donors (Lipinski definition) is 15. The summed E-state index contributed by atoms with van der Waals surface area (Å²) in [7, 11) is 7.86. The average Bonchev–Trinajstić information content (AvgIpc) is 1.57. The minimum absolute atomic E-state index is 0.0122. The van der Waals surface area contributed by atoms with E-state index >= 15 is 19.2 Å². The lowest BCUT2D eigenvalue weighted by molar-refractivity contribution is -0.162. The van der Waals surface area contributed by atoms with E-state index in [1.165, 1.54) is 70.6 Å². The molecule has 1 aromatic heterocycles. The number of para-hydroxylation sites is 1. The summed E-state index contributed by atoms with van der Waals surface area (Å²) in [6.45, 7) is 9.18. The zero-order chi connectivity index (χ0) is 90.1. The number of carbonyl (C=O) groups excluding carboxylic acids is 11.